The number of ketones is 1. The highest BCUT2D eigenvalue weighted by molar-refractivity contribution is 6.72. The predicted molar refractivity (Wildman–Crippen MR) is 83.7 cm³/mol. The first-order chi connectivity index (χ1) is 12.7. The van der Waals surface area contributed by atoms with Gasteiger partial charge in [0.15, 0.2) is 0 Å². The molecule has 27 heavy (non-hydrogen) atoms. The van der Waals surface area contributed by atoms with Crippen LogP contribution in [0.25, 0.3) is 0 Å². The number of carbonyl (C=O) groups excluding carboxylic acids is 3. The smallest absolute Gasteiger partial charge is 0.320 e. The van der Waals surface area contributed by atoms with Crippen LogP contribution in [0, 0.1) is 5.82 Å². The number of rotatable bonds is 2. The van der Waals surface area contributed by atoms with Gasteiger partial charge in [0.1, 0.15) is 5.82 Å². The molecule has 0 aliphatic carbocycles. The Labute approximate surface area is 148 Å². The highest BCUT2D eigenvalue weighted by atomic mass is 19.4. The number of hydrogen-bond donors (Lipinski definition) is 1. The van der Waals surface area contributed by atoms with Crippen LogP contribution in [0.4, 0.5) is 23.2 Å². The first-order valence-corrected chi connectivity index (χ1v) is 7.29. The van der Waals surface area contributed by atoms with Crippen molar-refractivity contribution in [1.29, 1.82) is 0 Å². The summed E-state index contributed by atoms with van der Waals surface area (Å²) in [5, 5.41) is 5.18. The van der Waals surface area contributed by atoms with E-state index in [9.17, 15) is 31.9 Å². The maximum atomic E-state index is 13.7. The number of Topliss-reactive ketones (excluding diaryl/α,β-unsaturated/α-hetero) is 1. The molecule has 0 saturated heterocycles. The lowest BCUT2D eigenvalue weighted by Crippen LogP contribution is -2.36. The van der Waals surface area contributed by atoms with Crippen LogP contribution >= 0.6 is 0 Å². The van der Waals surface area contributed by atoms with Crippen LogP contribution in [0.2, 0.25) is 0 Å². The molecule has 0 unspecified atom stereocenters. The third-order valence-electron chi connectivity index (χ3n) is 3.56. The number of alkyl halides is 3. The minimum atomic E-state index is -5.01. The summed E-state index contributed by atoms with van der Waals surface area (Å²) in [6.07, 6.45) is -5.01. The SMILES string of the molecule is O=C1Nc2cc(C(F)(F)F)c(F)cc2C(=O)C1=NOC(=O)c1ccccc1. The lowest BCUT2D eigenvalue weighted by molar-refractivity contribution is -0.140. The normalized spacial score (nSPS) is 15.3. The lowest BCUT2D eigenvalue weighted by Gasteiger charge is -2.19. The molecule has 1 amide bonds. The Bertz CT molecular complexity index is 984. The first kappa shape index (κ1) is 18.2. The van der Waals surface area contributed by atoms with Crippen molar-refractivity contribution in [2.75, 3.05) is 5.32 Å². The summed E-state index contributed by atoms with van der Waals surface area (Å²) in [5.41, 5.74) is -3.51. The molecule has 0 spiro atoms. The van der Waals surface area contributed by atoms with Gasteiger partial charge in [0.2, 0.25) is 11.5 Å². The van der Waals surface area contributed by atoms with E-state index in [1.807, 2.05) is 5.32 Å². The van der Waals surface area contributed by atoms with Crippen molar-refractivity contribution >= 4 is 29.1 Å². The second kappa shape index (κ2) is 6.63. The van der Waals surface area contributed by atoms with E-state index in [0.717, 1.165) is 0 Å². The Balaban J connectivity index is 1.91. The van der Waals surface area contributed by atoms with Crippen LogP contribution in [-0.4, -0.2) is 23.4 Å². The summed E-state index contributed by atoms with van der Waals surface area (Å²) in [6, 6.07) is 8.17. The summed E-state index contributed by atoms with van der Waals surface area (Å²) < 4.78 is 51.9. The van der Waals surface area contributed by atoms with E-state index in [0.29, 0.717) is 12.1 Å². The second-order valence-electron chi connectivity index (χ2n) is 5.34. The van der Waals surface area contributed by atoms with E-state index >= 15 is 0 Å². The Morgan fingerprint density at radius 2 is 1.74 bits per heavy atom. The van der Waals surface area contributed by atoms with Gasteiger partial charge in [0.25, 0.3) is 5.91 Å². The molecule has 0 saturated carbocycles. The van der Waals surface area contributed by atoms with E-state index in [-0.39, 0.29) is 5.56 Å². The lowest BCUT2D eigenvalue weighted by atomic mass is 9.97. The second-order valence-corrected chi connectivity index (χ2v) is 5.34. The zero-order chi connectivity index (χ0) is 19.8. The Kier molecular flexibility index (Phi) is 4.48. The zero-order valence-corrected chi connectivity index (χ0v) is 13.1. The average Bonchev–Trinajstić information content (AvgIpc) is 2.61. The number of amides is 1. The molecule has 0 aromatic heterocycles. The molecule has 2 aromatic rings. The molecule has 1 aliphatic heterocycles. The molecular formula is C17H8F4N2O4. The summed E-state index contributed by atoms with van der Waals surface area (Å²) in [4.78, 5) is 40.5. The van der Waals surface area contributed by atoms with Gasteiger partial charge in [-0.25, -0.2) is 9.18 Å². The number of hydrogen-bond acceptors (Lipinski definition) is 5. The topological polar surface area (TPSA) is 84.8 Å². The molecule has 0 fully saturated rings. The van der Waals surface area contributed by atoms with Crippen LogP contribution in [0.15, 0.2) is 47.6 Å². The van der Waals surface area contributed by atoms with E-state index in [1.165, 1.54) is 12.1 Å². The average molecular weight is 380 g/mol. The van der Waals surface area contributed by atoms with Crippen molar-refractivity contribution < 1.29 is 36.8 Å². The van der Waals surface area contributed by atoms with Gasteiger partial charge in [-0.3, -0.25) is 9.59 Å². The number of nitrogens with zero attached hydrogens (tertiary/aromatic N) is 1. The number of nitrogens with one attached hydrogen (secondary N) is 1. The molecule has 1 N–H and O–H groups in total. The molecule has 2 aromatic carbocycles. The molecule has 6 nitrogen and oxygen atoms in total. The van der Waals surface area contributed by atoms with Gasteiger partial charge in [-0.05, 0) is 24.3 Å². The fourth-order valence-corrected chi connectivity index (χ4v) is 2.29. The van der Waals surface area contributed by atoms with Crippen molar-refractivity contribution in [3.8, 4) is 0 Å². The largest absolute Gasteiger partial charge is 0.419 e. The highest BCUT2D eigenvalue weighted by Crippen LogP contribution is 2.35. The van der Waals surface area contributed by atoms with Crippen LogP contribution < -0.4 is 5.32 Å². The van der Waals surface area contributed by atoms with Crippen LogP contribution in [-0.2, 0) is 15.8 Å². The summed E-state index contributed by atoms with van der Waals surface area (Å²) in [6.45, 7) is 0. The maximum Gasteiger partial charge on any atom is 0.419 e. The van der Waals surface area contributed by atoms with Crippen LogP contribution in [0.1, 0.15) is 26.3 Å². The third-order valence-corrected chi connectivity index (χ3v) is 3.56. The quantitative estimate of drug-likeness (QED) is 0.493. The van der Waals surface area contributed by atoms with Gasteiger partial charge < -0.3 is 10.2 Å². The van der Waals surface area contributed by atoms with Gasteiger partial charge in [-0.1, -0.05) is 23.4 Å². The minimum absolute atomic E-state index is 0.0896. The van der Waals surface area contributed by atoms with Crippen molar-refractivity contribution in [2.45, 2.75) is 6.18 Å². The third kappa shape index (κ3) is 3.54. The number of halogens is 4. The van der Waals surface area contributed by atoms with Crippen LogP contribution in [0.5, 0.6) is 0 Å². The Morgan fingerprint density at radius 3 is 2.37 bits per heavy atom. The van der Waals surface area contributed by atoms with E-state index in [4.69, 9.17) is 0 Å². The van der Waals surface area contributed by atoms with E-state index < -0.39 is 52.2 Å². The summed E-state index contributed by atoms with van der Waals surface area (Å²) in [7, 11) is 0. The fourth-order valence-electron chi connectivity index (χ4n) is 2.29. The zero-order valence-electron chi connectivity index (χ0n) is 13.1. The van der Waals surface area contributed by atoms with Gasteiger partial charge in [0.05, 0.1) is 22.4 Å². The fraction of sp³-hybridized carbons (Fsp3) is 0.0588. The number of anilines is 1. The predicted octanol–water partition coefficient (Wildman–Crippen LogP) is 3.19. The van der Waals surface area contributed by atoms with Crippen LogP contribution in [0.3, 0.4) is 0 Å². The minimum Gasteiger partial charge on any atom is -0.320 e. The molecule has 0 atom stereocenters. The van der Waals surface area contributed by atoms with Gasteiger partial charge in [0, 0.05) is 0 Å². The Hall–Kier alpha value is -3.56. The molecule has 1 heterocycles. The molecule has 0 radical (unpaired) electrons. The number of carbonyl (C=O) groups is 3. The summed E-state index contributed by atoms with van der Waals surface area (Å²) >= 11 is 0. The van der Waals surface area contributed by atoms with Gasteiger partial charge in [-0.2, -0.15) is 13.2 Å². The van der Waals surface area contributed by atoms with E-state index in [2.05, 4.69) is 9.99 Å². The number of fused-ring (bicyclic) bond motifs is 1. The van der Waals surface area contributed by atoms with Crippen molar-refractivity contribution in [3.05, 3.63) is 65.0 Å². The van der Waals surface area contributed by atoms with Gasteiger partial charge >= 0.3 is 12.1 Å². The maximum absolute atomic E-state index is 13.7. The Morgan fingerprint density at radius 1 is 1.07 bits per heavy atom. The first-order valence-electron chi connectivity index (χ1n) is 7.29. The molecule has 3 rings (SSSR count). The monoisotopic (exact) mass is 380 g/mol. The van der Waals surface area contributed by atoms with Crippen molar-refractivity contribution in [1.82, 2.24) is 0 Å². The van der Waals surface area contributed by atoms with Gasteiger partial charge in [-0.15, -0.1) is 0 Å². The molecule has 1 aliphatic rings. The van der Waals surface area contributed by atoms with Crippen molar-refractivity contribution in [2.24, 2.45) is 5.16 Å². The number of oxime groups is 1. The molecular weight excluding hydrogens is 372 g/mol. The van der Waals surface area contributed by atoms with E-state index in [1.54, 1.807) is 18.2 Å². The molecule has 138 valence electrons. The standard InChI is InChI=1S/C17H8F4N2O4/c18-11-6-9-12(7-10(11)17(19,20)21)22-15(25)13(14(9)24)23-27-16(26)8-4-2-1-3-5-8/h1-7H,(H,22,25). The summed E-state index contributed by atoms with van der Waals surface area (Å²) in [5.74, 6) is -5.02. The number of benzene rings is 2. The van der Waals surface area contributed by atoms with Crippen molar-refractivity contribution in [3.63, 3.8) is 0 Å². The molecule has 0 bridgehead atoms. The molecule has 10 heteroatoms. The highest BCUT2D eigenvalue weighted by Gasteiger charge is 2.38.